The van der Waals surface area contributed by atoms with Gasteiger partial charge in [-0.15, -0.1) is 0 Å². The predicted octanol–water partition coefficient (Wildman–Crippen LogP) is 5.20. The van der Waals surface area contributed by atoms with Gasteiger partial charge in [0.15, 0.2) is 11.6 Å². The Morgan fingerprint density at radius 1 is 1.25 bits per heavy atom. The molecular formula is C16H22BrF2N. The van der Waals surface area contributed by atoms with E-state index < -0.39 is 11.6 Å². The predicted molar refractivity (Wildman–Crippen MR) is 81.6 cm³/mol. The molecule has 0 spiro atoms. The van der Waals surface area contributed by atoms with E-state index in [1.807, 2.05) is 7.05 Å². The summed E-state index contributed by atoms with van der Waals surface area (Å²) in [5, 5.41) is 3.29. The number of rotatable bonds is 4. The highest BCUT2D eigenvalue weighted by Crippen LogP contribution is 2.40. The molecule has 0 amide bonds. The first-order chi connectivity index (χ1) is 9.58. The molecule has 1 saturated carbocycles. The first-order valence-electron chi connectivity index (χ1n) is 7.39. The maximum absolute atomic E-state index is 13.7. The molecule has 0 aliphatic heterocycles. The van der Waals surface area contributed by atoms with Crippen LogP contribution in [0, 0.1) is 23.5 Å². The molecule has 1 unspecified atom stereocenters. The van der Waals surface area contributed by atoms with Gasteiger partial charge in [0.2, 0.25) is 0 Å². The highest BCUT2D eigenvalue weighted by Gasteiger charge is 2.29. The zero-order chi connectivity index (χ0) is 14.7. The number of nitrogens with one attached hydrogen (secondary N) is 1. The van der Waals surface area contributed by atoms with Gasteiger partial charge in [0.25, 0.3) is 0 Å². The zero-order valence-corrected chi connectivity index (χ0v) is 13.6. The molecule has 0 saturated heterocycles. The second kappa shape index (κ2) is 6.99. The lowest BCUT2D eigenvalue weighted by molar-refractivity contribution is 0.223. The third-order valence-electron chi connectivity index (χ3n) is 4.65. The number of halogens is 3. The van der Waals surface area contributed by atoms with Crippen LogP contribution in [0.1, 0.15) is 50.6 Å². The SMILES string of the molecule is CCC1CCC(C(NC)c2ccc(F)c(F)c2Br)CC1. The normalized spacial score (nSPS) is 24.6. The Morgan fingerprint density at radius 3 is 2.45 bits per heavy atom. The molecule has 1 aromatic carbocycles. The number of hydrogen-bond acceptors (Lipinski definition) is 1. The molecule has 1 aliphatic carbocycles. The van der Waals surface area contributed by atoms with Crippen molar-refractivity contribution < 1.29 is 8.78 Å². The standard InChI is InChI=1S/C16H22BrF2N/c1-3-10-4-6-11(7-5-10)16(20-2)12-8-9-13(18)15(19)14(12)17/h8-11,16,20H,3-7H2,1-2H3. The first-order valence-corrected chi connectivity index (χ1v) is 8.18. The van der Waals surface area contributed by atoms with Crippen molar-refractivity contribution in [1.29, 1.82) is 0 Å². The van der Waals surface area contributed by atoms with Crippen LogP contribution in [0.25, 0.3) is 0 Å². The van der Waals surface area contributed by atoms with E-state index in [1.165, 1.54) is 25.3 Å². The van der Waals surface area contributed by atoms with Gasteiger partial charge in [-0.25, -0.2) is 8.78 Å². The smallest absolute Gasteiger partial charge is 0.173 e. The quantitative estimate of drug-likeness (QED) is 0.739. The van der Waals surface area contributed by atoms with Gasteiger partial charge in [-0.05, 0) is 59.3 Å². The molecule has 0 bridgehead atoms. The number of benzene rings is 1. The molecule has 4 heteroatoms. The van der Waals surface area contributed by atoms with E-state index in [1.54, 1.807) is 6.07 Å². The lowest BCUT2D eigenvalue weighted by Crippen LogP contribution is -2.29. The van der Waals surface area contributed by atoms with E-state index >= 15 is 0 Å². The van der Waals surface area contributed by atoms with Crippen molar-refractivity contribution in [2.24, 2.45) is 11.8 Å². The van der Waals surface area contributed by atoms with Gasteiger partial charge in [-0.2, -0.15) is 0 Å². The molecule has 112 valence electrons. The second-order valence-corrected chi connectivity index (χ2v) is 6.51. The minimum absolute atomic E-state index is 0.0808. The summed E-state index contributed by atoms with van der Waals surface area (Å²) in [5.74, 6) is -0.267. The van der Waals surface area contributed by atoms with Crippen LogP contribution in [-0.4, -0.2) is 7.05 Å². The second-order valence-electron chi connectivity index (χ2n) is 5.72. The summed E-state index contributed by atoms with van der Waals surface area (Å²) in [7, 11) is 1.89. The average molecular weight is 346 g/mol. The fraction of sp³-hybridized carbons (Fsp3) is 0.625. The van der Waals surface area contributed by atoms with E-state index in [9.17, 15) is 8.78 Å². The van der Waals surface area contributed by atoms with Gasteiger partial charge in [-0.1, -0.05) is 32.3 Å². The van der Waals surface area contributed by atoms with Gasteiger partial charge in [0.05, 0.1) is 4.47 Å². The molecule has 0 aromatic heterocycles. The van der Waals surface area contributed by atoms with E-state index in [-0.39, 0.29) is 10.5 Å². The fourth-order valence-corrected chi connectivity index (χ4v) is 3.92. The molecule has 1 aromatic rings. The summed E-state index contributed by atoms with van der Waals surface area (Å²) in [6, 6.07) is 2.99. The molecule has 1 fully saturated rings. The van der Waals surface area contributed by atoms with Crippen molar-refractivity contribution in [3.63, 3.8) is 0 Å². The van der Waals surface area contributed by atoms with Crippen molar-refractivity contribution in [2.75, 3.05) is 7.05 Å². The van der Waals surface area contributed by atoms with E-state index in [0.717, 1.165) is 24.3 Å². The summed E-state index contributed by atoms with van der Waals surface area (Å²) in [6.07, 6.45) is 6.01. The Labute approximate surface area is 128 Å². The van der Waals surface area contributed by atoms with Crippen molar-refractivity contribution in [1.82, 2.24) is 5.32 Å². The van der Waals surface area contributed by atoms with Gasteiger partial charge in [0, 0.05) is 6.04 Å². The Balaban J connectivity index is 2.19. The van der Waals surface area contributed by atoms with Gasteiger partial charge >= 0.3 is 0 Å². The molecular weight excluding hydrogens is 324 g/mol. The van der Waals surface area contributed by atoms with Gasteiger partial charge < -0.3 is 5.32 Å². The van der Waals surface area contributed by atoms with Crippen LogP contribution >= 0.6 is 15.9 Å². The summed E-state index contributed by atoms with van der Waals surface area (Å²) in [4.78, 5) is 0. The van der Waals surface area contributed by atoms with Crippen molar-refractivity contribution in [2.45, 2.75) is 45.1 Å². The topological polar surface area (TPSA) is 12.0 Å². The van der Waals surface area contributed by atoms with Crippen LogP contribution in [0.2, 0.25) is 0 Å². The maximum Gasteiger partial charge on any atom is 0.173 e. The molecule has 1 atom stereocenters. The molecule has 0 radical (unpaired) electrons. The third kappa shape index (κ3) is 3.22. The van der Waals surface area contributed by atoms with Gasteiger partial charge in [-0.3, -0.25) is 0 Å². The van der Waals surface area contributed by atoms with E-state index in [2.05, 4.69) is 28.2 Å². The average Bonchev–Trinajstić information content (AvgIpc) is 2.48. The number of hydrogen-bond donors (Lipinski definition) is 1. The molecule has 0 heterocycles. The molecule has 20 heavy (non-hydrogen) atoms. The lowest BCUT2D eigenvalue weighted by atomic mass is 9.76. The van der Waals surface area contributed by atoms with Crippen molar-refractivity contribution >= 4 is 15.9 Å². The molecule has 1 nitrogen and oxygen atoms in total. The molecule has 1 N–H and O–H groups in total. The van der Waals surface area contributed by atoms with Crippen LogP contribution in [0.3, 0.4) is 0 Å². The summed E-state index contributed by atoms with van der Waals surface area (Å²) >= 11 is 3.21. The van der Waals surface area contributed by atoms with Crippen LogP contribution < -0.4 is 5.32 Å². The van der Waals surface area contributed by atoms with E-state index in [0.29, 0.717) is 5.92 Å². The third-order valence-corrected chi connectivity index (χ3v) is 5.46. The highest BCUT2D eigenvalue weighted by molar-refractivity contribution is 9.10. The van der Waals surface area contributed by atoms with Gasteiger partial charge in [0.1, 0.15) is 0 Å². The first kappa shape index (κ1) is 15.9. The van der Waals surface area contributed by atoms with Crippen LogP contribution in [0.4, 0.5) is 8.78 Å². The molecule has 1 aliphatic rings. The van der Waals surface area contributed by atoms with Crippen molar-refractivity contribution in [3.05, 3.63) is 33.8 Å². The minimum Gasteiger partial charge on any atom is -0.313 e. The van der Waals surface area contributed by atoms with Crippen LogP contribution in [-0.2, 0) is 0 Å². The molecule has 2 rings (SSSR count). The Kier molecular flexibility index (Phi) is 5.56. The zero-order valence-electron chi connectivity index (χ0n) is 12.1. The highest BCUT2D eigenvalue weighted by atomic mass is 79.9. The minimum atomic E-state index is -0.801. The summed E-state index contributed by atoms with van der Waals surface area (Å²) in [5.41, 5.74) is 0.825. The fourth-order valence-electron chi connectivity index (χ4n) is 3.36. The largest absolute Gasteiger partial charge is 0.313 e. The van der Waals surface area contributed by atoms with Crippen molar-refractivity contribution in [3.8, 4) is 0 Å². The van der Waals surface area contributed by atoms with Crippen LogP contribution in [0.15, 0.2) is 16.6 Å². The lowest BCUT2D eigenvalue weighted by Gasteiger charge is -2.34. The van der Waals surface area contributed by atoms with Crippen LogP contribution in [0.5, 0.6) is 0 Å². The monoisotopic (exact) mass is 345 g/mol. The maximum atomic E-state index is 13.7. The summed E-state index contributed by atoms with van der Waals surface area (Å²) < 4.78 is 27.2. The Hall–Kier alpha value is -0.480. The Bertz CT molecular complexity index is 456. The van der Waals surface area contributed by atoms with E-state index in [4.69, 9.17) is 0 Å². The summed E-state index contributed by atoms with van der Waals surface area (Å²) in [6.45, 7) is 2.24. The Morgan fingerprint density at radius 2 is 1.90 bits per heavy atom.